The first-order chi connectivity index (χ1) is 18.5. The van der Waals surface area contributed by atoms with Gasteiger partial charge in [-0.25, -0.2) is 15.2 Å². The van der Waals surface area contributed by atoms with Gasteiger partial charge in [0.1, 0.15) is 10.6 Å². The van der Waals surface area contributed by atoms with Crippen LogP contribution in [0.25, 0.3) is 15.9 Å². The summed E-state index contributed by atoms with van der Waals surface area (Å²) in [4.78, 5) is 44.5. The van der Waals surface area contributed by atoms with Crippen LogP contribution in [0.5, 0.6) is 5.75 Å². The molecule has 2 aromatic carbocycles. The number of fused-ring (bicyclic) bond motifs is 3. The number of carboxylic acid groups (broad SMARTS) is 1. The lowest BCUT2D eigenvalue weighted by Gasteiger charge is -2.14. The fourth-order valence-corrected chi connectivity index (χ4v) is 6.49. The standard InChI is InChI=1S/C27H24N4O5S2/c1-36-18-12-10-17(11-13-18)31-25(33)23-20-8-4-5-9-21(20)38-24(23)29-27(31)37-15-22(32)30-28-14-16-6-2-3-7-19(16)26(34)35/h2-3,6-7,10-14H,4-5,8-9,15H2,1H3,(H,30,32)(H,34,35). The number of hydrogen-bond acceptors (Lipinski definition) is 8. The zero-order chi connectivity index (χ0) is 26.6. The number of hydrazone groups is 1. The predicted molar refractivity (Wildman–Crippen MR) is 148 cm³/mol. The van der Waals surface area contributed by atoms with Gasteiger partial charge in [-0.2, -0.15) is 5.10 Å². The van der Waals surface area contributed by atoms with E-state index >= 15 is 0 Å². The molecule has 1 aliphatic rings. The first-order valence-corrected chi connectivity index (χ1v) is 13.7. The predicted octanol–water partition coefficient (Wildman–Crippen LogP) is 4.28. The highest BCUT2D eigenvalue weighted by Gasteiger charge is 2.23. The highest BCUT2D eigenvalue weighted by Crippen LogP contribution is 2.35. The number of carboxylic acids is 1. The molecule has 2 heterocycles. The maximum Gasteiger partial charge on any atom is 0.336 e. The SMILES string of the molecule is COc1ccc(-n2c(SCC(=O)NN=Cc3ccccc3C(=O)O)nc3sc4c(c3c2=O)CCCC4)cc1. The second-order valence-corrected chi connectivity index (χ2v) is 10.6. The largest absolute Gasteiger partial charge is 0.497 e. The molecule has 4 aromatic rings. The fraction of sp³-hybridized carbons (Fsp3) is 0.222. The number of carbonyl (C=O) groups excluding carboxylic acids is 1. The number of nitrogens with one attached hydrogen (secondary N) is 1. The van der Waals surface area contributed by atoms with Gasteiger partial charge in [0.05, 0.1) is 35.7 Å². The molecule has 11 heteroatoms. The monoisotopic (exact) mass is 548 g/mol. The number of aromatic carboxylic acids is 1. The Kier molecular flexibility index (Phi) is 7.57. The normalized spacial score (nSPS) is 13.0. The van der Waals surface area contributed by atoms with Gasteiger partial charge in [-0.1, -0.05) is 30.0 Å². The molecule has 0 aliphatic heterocycles. The van der Waals surface area contributed by atoms with E-state index in [0.29, 0.717) is 32.4 Å². The minimum Gasteiger partial charge on any atom is -0.497 e. The number of thiophene rings is 1. The Morgan fingerprint density at radius 1 is 1.18 bits per heavy atom. The Bertz CT molecular complexity index is 1610. The van der Waals surface area contributed by atoms with Gasteiger partial charge in [-0.3, -0.25) is 14.2 Å². The molecule has 0 spiro atoms. The Balaban J connectivity index is 1.42. The van der Waals surface area contributed by atoms with Gasteiger partial charge >= 0.3 is 5.97 Å². The average molecular weight is 549 g/mol. The summed E-state index contributed by atoms with van der Waals surface area (Å²) in [5.41, 5.74) is 4.46. The molecule has 2 N–H and O–H groups in total. The maximum atomic E-state index is 13.8. The van der Waals surface area contributed by atoms with Crippen LogP contribution in [0, 0.1) is 0 Å². The summed E-state index contributed by atoms with van der Waals surface area (Å²) in [6.07, 6.45) is 5.26. The fourth-order valence-electron chi connectivity index (χ4n) is 4.38. The van der Waals surface area contributed by atoms with Crippen molar-refractivity contribution in [3.8, 4) is 11.4 Å². The van der Waals surface area contributed by atoms with Gasteiger partial charge in [0, 0.05) is 10.4 Å². The number of carbonyl (C=O) groups is 2. The van der Waals surface area contributed by atoms with E-state index in [2.05, 4.69) is 10.5 Å². The molecule has 194 valence electrons. The summed E-state index contributed by atoms with van der Waals surface area (Å²) in [7, 11) is 1.58. The molecule has 9 nitrogen and oxygen atoms in total. The molecule has 2 aromatic heterocycles. The molecule has 0 saturated heterocycles. The second kappa shape index (κ2) is 11.2. The van der Waals surface area contributed by atoms with Gasteiger partial charge in [0.25, 0.3) is 11.5 Å². The van der Waals surface area contributed by atoms with Crippen molar-refractivity contribution < 1.29 is 19.4 Å². The van der Waals surface area contributed by atoms with Crippen molar-refractivity contribution >= 4 is 51.4 Å². The Labute approximate surface area is 226 Å². The van der Waals surface area contributed by atoms with Crippen LogP contribution >= 0.6 is 23.1 Å². The average Bonchev–Trinajstić information content (AvgIpc) is 3.31. The van der Waals surface area contributed by atoms with Crippen LogP contribution in [0.1, 0.15) is 39.2 Å². The highest BCUT2D eigenvalue weighted by atomic mass is 32.2. The minimum atomic E-state index is -1.08. The van der Waals surface area contributed by atoms with Gasteiger partial charge in [0.15, 0.2) is 5.16 Å². The summed E-state index contributed by atoms with van der Waals surface area (Å²) in [5.74, 6) is -0.876. The molecule has 5 rings (SSSR count). The smallest absolute Gasteiger partial charge is 0.336 e. The first-order valence-electron chi connectivity index (χ1n) is 11.9. The van der Waals surface area contributed by atoms with E-state index in [1.807, 2.05) is 0 Å². The highest BCUT2D eigenvalue weighted by molar-refractivity contribution is 7.99. The molecule has 0 fully saturated rings. The van der Waals surface area contributed by atoms with Crippen molar-refractivity contribution in [1.29, 1.82) is 0 Å². The quantitative estimate of drug-likeness (QED) is 0.146. The van der Waals surface area contributed by atoms with Crippen molar-refractivity contribution in [3.05, 3.63) is 80.5 Å². The molecule has 0 unspecified atom stereocenters. The lowest BCUT2D eigenvalue weighted by molar-refractivity contribution is -0.118. The van der Waals surface area contributed by atoms with Crippen LogP contribution in [-0.4, -0.2) is 45.6 Å². The van der Waals surface area contributed by atoms with Crippen LogP contribution in [0.4, 0.5) is 0 Å². The molecule has 38 heavy (non-hydrogen) atoms. The summed E-state index contributed by atoms with van der Waals surface area (Å²) in [6.45, 7) is 0. The van der Waals surface area contributed by atoms with E-state index in [-0.39, 0.29) is 16.9 Å². The Morgan fingerprint density at radius 3 is 2.71 bits per heavy atom. The van der Waals surface area contributed by atoms with Crippen molar-refractivity contribution in [2.45, 2.75) is 30.8 Å². The van der Waals surface area contributed by atoms with E-state index in [1.54, 1.807) is 65.5 Å². The van der Waals surface area contributed by atoms with Crippen LogP contribution < -0.4 is 15.7 Å². The summed E-state index contributed by atoms with van der Waals surface area (Å²) >= 11 is 2.69. The van der Waals surface area contributed by atoms with Crippen LogP contribution in [0.15, 0.2) is 63.6 Å². The molecule has 1 amide bonds. The lowest BCUT2D eigenvalue weighted by atomic mass is 9.97. The van der Waals surface area contributed by atoms with Crippen molar-refractivity contribution in [1.82, 2.24) is 15.0 Å². The number of ether oxygens (including phenoxy) is 1. The minimum absolute atomic E-state index is 0.0445. The number of thioether (sulfide) groups is 1. The number of amides is 1. The zero-order valence-electron chi connectivity index (χ0n) is 20.5. The zero-order valence-corrected chi connectivity index (χ0v) is 22.1. The Morgan fingerprint density at radius 2 is 1.95 bits per heavy atom. The van der Waals surface area contributed by atoms with E-state index in [0.717, 1.165) is 43.0 Å². The topological polar surface area (TPSA) is 123 Å². The second-order valence-electron chi connectivity index (χ2n) is 8.60. The Hall–Kier alpha value is -3.96. The van der Waals surface area contributed by atoms with Crippen molar-refractivity contribution in [2.24, 2.45) is 5.10 Å². The molecule has 1 aliphatic carbocycles. The first kappa shape index (κ1) is 25.7. The number of nitrogens with zero attached hydrogens (tertiary/aromatic N) is 3. The molecule has 0 bridgehead atoms. The summed E-state index contributed by atoms with van der Waals surface area (Å²) in [6, 6.07) is 13.5. The lowest BCUT2D eigenvalue weighted by Crippen LogP contribution is -2.24. The van der Waals surface area contributed by atoms with Gasteiger partial charge in [0.2, 0.25) is 0 Å². The third-order valence-electron chi connectivity index (χ3n) is 6.21. The third kappa shape index (κ3) is 5.20. The van der Waals surface area contributed by atoms with Gasteiger partial charge in [-0.15, -0.1) is 11.3 Å². The van der Waals surface area contributed by atoms with Gasteiger partial charge < -0.3 is 9.84 Å². The van der Waals surface area contributed by atoms with E-state index in [4.69, 9.17) is 9.72 Å². The number of aryl methyl sites for hydroxylation is 2. The summed E-state index contributed by atoms with van der Waals surface area (Å²) in [5, 5.41) is 14.3. The number of methoxy groups -OCH3 is 1. The molecule has 0 radical (unpaired) electrons. The van der Waals surface area contributed by atoms with Crippen molar-refractivity contribution in [2.75, 3.05) is 12.9 Å². The number of aromatic nitrogens is 2. The van der Waals surface area contributed by atoms with Crippen LogP contribution in [0.2, 0.25) is 0 Å². The molecule has 0 atom stereocenters. The molecule has 0 saturated carbocycles. The number of benzene rings is 2. The van der Waals surface area contributed by atoms with Crippen molar-refractivity contribution in [3.63, 3.8) is 0 Å². The molecular formula is C27H24N4O5S2. The van der Waals surface area contributed by atoms with E-state index in [1.165, 1.54) is 17.2 Å². The van der Waals surface area contributed by atoms with Crippen LogP contribution in [-0.2, 0) is 17.6 Å². The van der Waals surface area contributed by atoms with Gasteiger partial charge in [-0.05, 0) is 61.6 Å². The maximum absolute atomic E-state index is 13.8. The third-order valence-corrected chi connectivity index (χ3v) is 8.33. The number of rotatable bonds is 8. The summed E-state index contributed by atoms with van der Waals surface area (Å²) < 4.78 is 6.81. The molecular weight excluding hydrogens is 524 g/mol. The van der Waals surface area contributed by atoms with E-state index in [9.17, 15) is 19.5 Å². The van der Waals surface area contributed by atoms with E-state index < -0.39 is 11.9 Å². The van der Waals surface area contributed by atoms with Crippen LogP contribution in [0.3, 0.4) is 0 Å². The number of hydrogen-bond donors (Lipinski definition) is 2.